The summed E-state index contributed by atoms with van der Waals surface area (Å²) in [5.41, 5.74) is 7.80. The normalized spacial score (nSPS) is 11.0. The first-order valence-corrected chi connectivity index (χ1v) is 23.3. The smallest absolute Gasteiger partial charge is 0.279 e. The van der Waals surface area contributed by atoms with Crippen LogP contribution in [0.1, 0.15) is 170 Å². The molecule has 0 aliphatic heterocycles. The van der Waals surface area contributed by atoms with E-state index in [0.717, 1.165) is 38.5 Å². The van der Waals surface area contributed by atoms with E-state index in [0.29, 0.717) is 38.4 Å². The summed E-state index contributed by atoms with van der Waals surface area (Å²) in [6.45, 7) is 6.46. The van der Waals surface area contributed by atoms with Crippen molar-refractivity contribution in [3.63, 3.8) is 0 Å². The number of halogens is 2. The highest BCUT2D eigenvalue weighted by Crippen LogP contribution is 2.29. The molecule has 0 unspecified atom stereocenters. The molecule has 4 amide bonds. The summed E-state index contributed by atoms with van der Waals surface area (Å²) < 4.78 is 2.60. The van der Waals surface area contributed by atoms with Gasteiger partial charge < -0.3 is 19.3 Å². The zero-order valence-electron chi connectivity index (χ0n) is 37.3. The molecule has 2 heterocycles. The molecular formula is C47H66Cl2N6O8. The topological polar surface area (TPSA) is 201 Å². The van der Waals surface area contributed by atoms with E-state index in [1.165, 1.54) is 105 Å². The average Bonchev–Trinajstić information content (AvgIpc) is 3.26. The van der Waals surface area contributed by atoms with Crippen molar-refractivity contribution in [2.45, 2.75) is 156 Å². The van der Waals surface area contributed by atoms with Gasteiger partial charge in [0.2, 0.25) is 11.8 Å². The minimum Gasteiger partial charge on any atom is -0.506 e. The number of hydrazine groups is 2. The largest absolute Gasteiger partial charge is 0.506 e. The van der Waals surface area contributed by atoms with Gasteiger partial charge in [-0.25, -0.2) is 0 Å². The lowest BCUT2D eigenvalue weighted by atomic mass is 10.1. The molecule has 6 N–H and O–H groups in total. The molecule has 4 rings (SSSR count). The number of carbonyl (C=O) groups is 4. The summed E-state index contributed by atoms with van der Waals surface area (Å²) in [7, 11) is 1.49. The van der Waals surface area contributed by atoms with E-state index in [1.807, 2.05) is 0 Å². The van der Waals surface area contributed by atoms with Crippen LogP contribution in [-0.4, -0.2) is 43.0 Å². The van der Waals surface area contributed by atoms with E-state index in [-0.39, 0.29) is 24.7 Å². The maximum Gasteiger partial charge on any atom is 0.279 e. The number of carbonyl (C=O) groups excluding carboxylic acids is 4. The molecule has 0 saturated heterocycles. The van der Waals surface area contributed by atoms with Crippen LogP contribution in [-0.2, 0) is 23.2 Å². The Bertz CT molecular complexity index is 2280. The third kappa shape index (κ3) is 16.2. The first kappa shape index (κ1) is 52.3. The molecule has 0 spiro atoms. The van der Waals surface area contributed by atoms with Gasteiger partial charge in [0.25, 0.3) is 22.9 Å². The molecule has 0 bridgehead atoms. The van der Waals surface area contributed by atoms with Crippen LogP contribution in [0, 0.1) is 0 Å². The molecule has 0 radical (unpaired) electrons. The average molecular weight is 914 g/mol. The molecule has 14 nitrogen and oxygen atoms in total. The number of aromatic hydroxyl groups is 2. The van der Waals surface area contributed by atoms with E-state index < -0.39 is 45.6 Å². The number of nitrogens with one attached hydrogen (secondary N) is 4. The number of hydrogen-bond acceptors (Lipinski definition) is 8. The van der Waals surface area contributed by atoms with E-state index in [1.54, 1.807) is 31.2 Å². The van der Waals surface area contributed by atoms with Crippen LogP contribution < -0.4 is 32.8 Å². The molecule has 2 aromatic heterocycles. The van der Waals surface area contributed by atoms with Gasteiger partial charge in [-0.15, -0.1) is 0 Å². The number of benzene rings is 2. The molecule has 16 heteroatoms. The Hall–Kier alpha value is -5.08. The minimum absolute atomic E-state index is 0.288. The van der Waals surface area contributed by atoms with Gasteiger partial charge in [0.15, 0.2) is 0 Å². The first-order valence-electron chi connectivity index (χ1n) is 22.5. The van der Waals surface area contributed by atoms with Gasteiger partial charge in [-0.3, -0.25) is 50.5 Å². The first-order chi connectivity index (χ1) is 30.3. The number of amides is 4. The van der Waals surface area contributed by atoms with Gasteiger partial charge in [-0.1, -0.05) is 140 Å². The SMILES string of the molecule is CCCCCCCCCCCC(=O)NNC(=O)c1c(O)c2ccc(Cl)cc2n(C)c1=O.CCCCCCCCCCCC(=O)NNC(=O)c1c(O)c2ccc(Cl)cc2n(CC)c1=O. The molecular weight excluding hydrogens is 847 g/mol. The molecule has 2 aromatic carbocycles. The van der Waals surface area contributed by atoms with Gasteiger partial charge in [0.1, 0.15) is 22.6 Å². The summed E-state index contributed by atoms with van der Waals surface area (Å²) in [4.78, 5) is 74.4. The number of fused-ring (bicyclic) bond motifs is 2. The van der Waals surface area contributed by atoms with Gasteiger partial charge >= 0.3 is 0 Å². The Morgan fingerprint density at radius 3 is 1.30 bits per heavy atom. The van der Waals surface area contributed by atoms with Crippen molar-refractivity contribution in [1.29, 1.82) is 0 Å². The predicted molar refractivity (Wildman–Crippen MR) is 251 cm³/mol. The summed E-state index contributed by atoms with van der Waals surface area (Å²) in [6, 6.07) is 9.32. The summed E-state index contributed by atoms with van der Waals surface area (Å²) in [5, 5.41) is 22.5. The maximum absolute atomic E-state index is 12.8. The molecule has 0 aliphatic carbocycles. The zero-order valence-corrected chi connectivity index (χ0v) is 38.8. The van der Waals surface area contributed by atoms with Crippen LogP contribution in [0.2, 0.25) is 10.0 Å². The number of rotatable bonds is 23. The molecule has 0 atom stereocenters. The lowest BCUT2D eigenvalue weighted by Crippen LogP contribution is -2.44. The summed E-state index contributed by atoms with van der Waals surface area (Å²) in [6.07, 6.45) is 21.2. The van der Waals surface area contributed by atoms with Crippen LogP contribution in [0.4, 0.5) is 0 Å². The number of pyridine rings is 2. The fourth-order valence-electron chi connectivity index (χ4n) is 7.32. The quantitative estimate of drug-likeness (QED) is 0.0312. The van der Waals surface area contributed by atoms with E-state index >= 15 is 0 Å². The van der Waals surface area contributed by atoms with Crippen LogP contribution in [0.25, 0.3) is 21.8 Å². The molecule has 4 aromatic rings. The van der Waals surface area contributed by atoms with Crippen LogP contribution >= 0.6 is 23.2 Å². The fraction of sp³-hybridized carbons (Fsp3) is 0.532. The second-order valence-electron chi connectivity index (χ2n) is 15.8. The van der Waals surface area contributed by atoms with Crippen LogP contribution in [0.5, 0.6) is 11.5 Å². The highest BCUT2D eigenvalue weighted by atomic mass is 35.5. The lowest BCUT2D eigenvalue weighted by Gasteiger charge is -2.14. The Kier molecular flexibility index (Phi) is 23.1. The van der Waals surface area contributed by atoms with Crippen LogP contribution in [0.3, 0.4) is 0 Å². The third-order valence-corrected chi connectivity index (χ3v) is 11.4. The number of unbranched alkanes of at least 4 members (excludes halogenated alkanes) is 16. The summed E-state index contributed by atoms with van der Waals surface area (Å²) >= 11 is 12.0. The predicted octanol–water partition coefficient (Wildman–Crippen LogP) is 9.64. The van der Waals surface area contributed by atoms with Gasteiger partial charge in [0.05, 0.1) is 11.0 Å². The third-order valence-electron chi connectivity index (χ3n) is 10.9. The maximum atomic E-state index is 12.8. The Labute approximate surface area is 380 Å². The molecule has 0 saturated carbocycles. The van der Waals surface area contributed by atoms with Crippen molar-refractivity contribution in [3.05, 3.63) is 78.3 Å². The highest BCUT2D eigenvalue weighted by Gasteiger charge is 2.23. The second-order valence-corrected chi connectivity index (χ2v) is 16.7. The van der Waals surface area contributed by atoms with E-state index in [2.05, 4.69) is 35.6 Å². The molecule has 346 valence electrons. The van der Waals surface area contributed by atoms with Crippen molar-refractivity contribution in [2.75, 3.05) is 0 Å². The van der Waals surface area contributed by atoms with Crippen molar-refractivity contribution >= 4 is 68.6 Å². The Morgan fingerprint density at radius 2 is 0.889 bits per heavy atom. The van der Waals surface area contributed by atoms with Gasteiger partial charge in [-0.2, -0.15) is 0 Å². The van der Waals surface area contributed by atoms with Crippen molar-refractivity contribution in [2.24, 2.45) is 7.05 Å². The second kappa shape index (κ2) is 27.9. The molecule has 0 fully saturated rings. The standard InChI is InChI=1S/C24H34ClN3O4.C23H32ClN3O4/c1-3-5-6-7-8-9-10-11-12-13-20(29)26-27-23(31)21-22(30)18-15-14-17(25)16-19(18)28(4-2)24(21)32;1-3-4-5-6-7-8-9-10-11-12-19(28)25-26-22(30)20-21(29)17-14-13-16(24)15-18(17)27(2)23(20)31/h14-16,30H,3-13H2,1-2H3,(H,26,29)(H,27,31);13-15,29H,3-12H2,1-2H3,(H,25,28)(H,26,30). The van der Waals surface area contributed by atoms with Crippen molar-refractivity contribution < 1.29 is 29.4 Å². The van der Waals surface area contributed by atoms with Gasteiger partial charge in [0, 0.05) is 47.3 Å². The van der Waals surface area contributed by atoms with E-state index in [9.17, 15) is 39.0 Å². The molecule has 63 heavy (non-hydrogen) atoms. The Balaban J connectivity index is 0.000000335. The number of aryl methyl sites for hydroxylation is 2. The lowest BCUT2D eigenvalue weighted by molar-refractivity contribution is -0.122. The minimum atomic E-state index is -0.865. The summed E-state index contributed by atoms with van der Waals surface area (Å²) in [5.74, 6) is -3.26. The number of nitrogens with zero attached hydrogens (tertiary/aromatic N) is 2. The van der Waals surface area contributed by atoms with Crippen LogP contribution in [0.15, 0.2) is 46.0 Å². The highest BCUT2D eigenvalue weighted by molar-refractivity contribution is 6.31. The number of aromatic nitrogens is 2. The van der Waals surface area contributed by atoms with Gasteiger partial charge in [-0.05, 0) is 56.2 Å². The van der Waals surface area contributed by atoms with Crippen molar-refractivity contribution in [3.8, 4) is 11.5 Å². The Morgan fingerprint density at radius 1 is 0.524 bits per heavy atom. The van der Waals surface area contributed by atoms with Crippen molar-refractivity contribution in [1.82, 2.24) is 30.8 Å². The monoisotopic (exact) mass is 912 g/mol. The number of hydrogen-bond donors (Lipinski definition) is 6. The molecule has 0 aliphatic rings. The van der Waals surface area contributed by atoms with E-state index in [4.69, 9.17) is 23.2 Å². The fourth-order valence-corrected chi connectivity index (χ4v) is 7.66. The zero-order chi connectivity index (χ0) is 46.3.